The van der Waals surface area contributed by atoms with Crippen molar-refractivity contribution in [1.82, 2.24) is 9.80 Å². The van der Waals surface area contributed by atoms with Gasteiger partial charge in [-0.2, -0.15) is 0 Å². The highest BCUT2D eigenvalue weighted by Crippen LogP contribution is 2.29. The van der Waals surface area contributed by atoms with Crippen molar-refractivity contribution in [3.8, 4) is 0 Å². The Hall–Kier alpha value is -2.61. The van der Waals surface area contributed by atoms with Gasteiger partial charge in [-0.05, 0) is 40.2 Å². The lowest BCUT2D eigenvalue weighted by atomic mass is 9.92. The molecule has 8 heteroatoms. The van der Waals surface area contributed by atoms with Crippen LogP contribution in [0.5, 0.6) is 0 Å². The SMILES string of the molecule is CC(C)(C)OC(=O)C(C)(C)CN1CC2C(OCCN2C(=O)OCc2ccccc2)C1=O. The summed E-state index contributed by atoms with van der Waals surface area (Å²) in [6, 6.07) is 8.99. The molecule has 0 saturated carbocycles. The number of likely N-dealkylation sites (tertiary alicyclic amines) is 1. The van der Waals surface area contributed by atoms with Crippen LogP contribution in [-0.2, 0) is 30.4 Å². The Labute approximate surface area is 183 Å². The van der Waals surface area contributed by atoms with E-state index >= 15 is 0 Å². The van der Waals surface area contributed by atoms with E-state index in [2.05, 4.69) is 0 Å². The van der Waals surface area contributed by atoms with Gasteiger partial charge < -0.3 is 19.1 Å². The summed E-state index contributed by atoms with van der Waals surface area (Å²) in [6.45, 7) is 10.2. The Morgan fingerprint density at radius 3 is 2.45 bits per heavy atom. The third-order valence-corrected chi connectivity index (χ3v) is 5.32. The van der Waals surface area contributed by atoms with Crippen LogP contribution in [0.4, 0.5) is 4.79 Å². The molecule has 1 aromatic carbocycles. The van der Waals surface area contributed by atoms with Gasteiger partial charge in [0.25, 0.3) is 5.91 Å². The van der Waals surface area contributed by atoms with Gasteiger partial charge in [0.15, 0.2) is 6.10 Å². The molecule has 2 aliphatic heterocycles. The fourth-order valence-electron chi connectivity index (χ4n) is 3.77. The van der Waals surface area contributed by atoms with E-state index in [0.717, 1.165) is 5.56 Å². The second-order valence-corrected chi connectivity index (χ2v) is 9.70. The largest absolute Gasteiger partial charge is 0.460 e. The van der Waals surface area contributed by atoms with Gasteiger partial charge in [0.05, 0.1) is 18.1 Å². The highest BCUT2D eigenvalue weighted by atomic mass is 16.6. The molecule has 2 aliphatic rings. The number of rotatable bonds is 5. The fraction of sp³-hybridized carbons (Fsp3) is 0.609. The molecule has 2 heterocycles. The summed E-state index contributed by atoms with van der Waals surface area (Å²) >= 11 is 0. The summed E-state index contributed by atoms with van der Waals surface area (Å²) in [7, 11) is 0. The summed E-state index contributed by atoms with van der Waals surface area (Å²) in [5, 5.41) is 0. The van der Waals surface area contributed by atoms with Gasteiger partial charge >= 0.3 is 12.1 Å². The zero-order valence-corrected chi connectivity index (χ0v) is 18.9. The number of benzene rings is 1. The quantitative estimate of drug-likeness (QED) is 0.665. The van der Waals surface area contributed by atoms with Crippen LogP contribution in [0.2, 0.25) is 0 Å². The molecule has 31 heavy (non-hydrogen) atoms. The topological polar surface area (TPSA) is 85.4 Å². The maximum atomic E-state index is 12.9. The minimum Gasteiger partial charge on any atom is -0.460 e. The van der Waals surface area contributed by atoms with Crippen LogP contribution in [0.3, 0.4) is 0 Å². The summed E-state index contributed by atoms with van der Waals surface area (Å²) in [5.74, 6) is -0.593. The second kappa shape index (κ2) is 8.86. The second-order valence-electron chi connectivity index (χ2n) is 9.70. The van der Waals surface area contributed by atoms with E-state index in [0.29, 0.717) is 6.54 Å². The van der Waals surface area contributed by atoms with Crippen molar-refractivity contribution in [2.75, 3.05) is 26.2 Å². The van der Waals surface area contributed by atoms with Crippen LogP contribution in [0.25, 0.3) is 0 Å². The molecule has 2 atom stereocenters. The van der Waals surface area contributed by atoms with Gasteiger partial charge in [0.2, 0.25) is 0 Å². The number of hydrogen-bond donors (Lipinski definition) is 0. The molecule has 0 spiro atoms. The molecular weight excluding hydrogens is 400 g/mol. The number of ether oxygens (including phenoxy) is 3. The number of carbonyl (C=O) groups excluding carboxylic acids is 3. The van der Waals surface area contributed by atoms with E-state index in [4.69, 9.17) is 14.2 Å². The molecule has 2 fully saturated rings. The van der Waals surface area contributed by atoms with Crippen molar-refractivity contribution in [1.29, 1.82) is 0 Å². The zero-order valence-electron chi connectivity index (χ0n) is 18.9. The van der Waals surface area contributed by atoms with Gasteiger partial charge in [0, 0.05) is 19.6 Å². The first-order valence-electron chi connectivity index (χ1n) is 10.6. The Balaban J connectivity index is 1.64. The van der Waals surface area contributed by atoms with Crippen LogP contribution in [0.1, 0.15) is 40.2 Å². The number of amides is 2. The van der Waals surface area contributed by atoms with Crippen LogP contribution >= 0.6 is 0 Å². The van der Waals surface area contributed by atoms with Crippen molar-refractivity contribution in [2.45, 2.75) is 59.0 Å². The average molecular weight is 433 g/mol. The number of carbonyl (C=O) groups is 3. The van der Waals surface area contributed by atoms with E-state index < -0.39 is 29.3 Å². The third kappa shape index (κ3) is 5.55. The molecule has 0 aromatic heterocycles. The first kappa shape index (κ1) is 23.1. The van der Waals surface area contributed by atoms with Gasteiger partial charge in [-0.25, -0.2) is 4.79 Å². The number of nitrogens with zero attached hydrogens (tertiary/aromatic N) is 2. The minimum absolute atomic E-state index is 0.164. The normalized spacial score (nSPS) is 21.6. The summed E-state index contributed by atoms with van der Waals surface area (Å²) in [5.41, 5.74) is -0.613. The lowest BCUT2D eigenvalue weighted by Gasteiger charge is -2.35. The molecular formula is C23H32N2O6. The third-order valence-electron chi connectivity index (χ3n) is 5.32. The summed E-state index contributed by atoms with van der Waals surface area (Å²) in [6.07, 6.45) is -1.21. The van der Waals surface area contributed by atoms with Gasteiger partial charge in [-0.15, -0.1) is 0 Å². The van der Waals surface area contributed by atoms with Crippen LogP contribution < -0.4 is 0 Å². The standard InChI is InChI=1S/C23H32N2O6/c1-22(2,3)31-20(27)23(4,5)15-24-13-17-18(19(24)26)29-12-11-25(17)21(28)30-14-16-9-7-6-8-10-16/h6-10,17-18H,11-15H2,1-5H3. The van der Waals surface area contributed by atoms with E-state index in [9.17, 15) is 14.4 Å². The maximum Gasteiger partial charge on any atom is 0.410 e. The van der Waals surface area contributed by atoms with Crippen molar-refractivity contribution >= 4 is 18.0 Å². The Bertz CT molecular complexity index is 817. The molecule has 2 unspecified atom stereocenters. The highest BCUT2D eigenvalue weighted by molar-refractivity contribution is 5.86. The van der Waals surface area contributed by atoms with Gasteiger partial charge in [0.1, 0.15) is 12.2 Å². The predicted molar refractivity (Wildman–Crippen MR) is 113 cm³/mol. The van der Waals surface area contributed by atoms with Crippen molar-refractivity contribution in [2.24, 2.45) is 5.41 Å². The Morgan fingerprint density at radius 2 is 1.81 bits per heavy atom. The Morgan fingerprint density at radius 1 is 1.13 bits per heavy atom. The first-order chi connectivity index (χ1) is 14.5. The van der Waals surface area contributed by atoms with Gasteiger partial charge in [-0.1, -0.05) is 30.3 Å². The molecule has 170 valence electrons. The highest BCUT2D eigenvalue weighted by Gasteiger charge is 2.50. The van der Waals surface area contributed by atoms with E-state index in [-0.39, 0.29) is 38.2 Å². The molecule has 0 aliphatic carbocycles. The van der Waals surface area contributed by atoms with Crippen LogP contribution in [-0.4, -0.2) is 71.8 Å². The van der Waals surface area contributed by atoms with E-state index in [1.807, 2.05) is 51.1 Å². The van der Waals surface area contributed by atoms with Crippen molar-refractivity contribution < 1.29 is 28.6 Å². The van der Waals surface area contributed by atoms with Gasteiger partial charge in [-0.3, -0.25) is 14.5 Å². The van der Waals surface area contributed by atoms with E-state index in [1.54, 1.807) is 23.6 Å². The molecule has 0 radical (unpaired) electrons. The lowest BCUT2D eigenvalue weighted by Crippen LogP contribution is -2.54. The number of esters is 1. The smallest absolute Gasteiger partial charge is 0.410 e. The maximum absolute atomic E-state index is 12.9. The zero-order chi connectivity index (χ0) is 22.8. The molecule has 8 nitrogen and oxygen atoms in total. The molecule has 3 rings (SSSR count). The average Bonchev–Trinajstić information content (AvgIpc) is 3.00. The van der Waals surface area contributed by atoms with Crippen LogP contribution in [0, 0.1) is 5.41 Å². The molecule has 2 saturated heterocycles. The first-order valence-corrected chi connectivity index (χ1v) is 10.6. The lowest BCUT2D eigenvalue weighted by molar-refractivity contribution is -0.167. The van der Waals surface area contributed by atoms with E-state index in [1.165, 1.54) is 0 Å². The number of morpholine rings is 1. The monoisotopic (exact) mass is 432 g/mol. The summed E-state index contributed by atoms with van der Waals surface area (Å²) in [4.78, 5) is 41.4. The minimum atomic E-state index is -0.894. The Kier molecular flexibility index (Phi) is 6.59. The molecule has 0 bridgehead atoms. The van der Waals surface area contributed by atoms with Crippen LogP contribution in [0.15, 0.2) is 30.3 Å². The van der Waals surface area contributed by atoms with Crippen molar-refractivity contribution in [3.63, 3.8) is 0 Å². The fourth-order valence-corrected chi connectivity index (χ4v) is 3.77. The summed E-state index contributed by atoms with van der Waals surface area (Å²) < 4.78 is 16.7. The predicted octanol–water partition coefficient (Wildman–Crippen LogP) is 2.60. The molecule has 2 amide bonds. The van der Waals surface area contributed by atoms with Crippen molar-refractivity contribution in [3.05, 3.63) is 35.9 Å². The number of hydrogen-bond acceptors (Lipinski definition) is 6. The number of fused-ring (bicyclic) bond motifs is 1. The molecule has 1 aromatic rings. The molecule has 0 N–H and O–H groups in total.